The van der Waals surface area contributed by atoms with Gasteiger partial charge in [-0.1, -0.05) is 30.3 Å². The van der Waals surface area contributed by atoms with E-state index in [1.165, 1.54) is 0 Å². The van der Waals surface area contributed by atoms with E-state index in [0.29, 0.717) is 49.4 Å². The third-order valence-electron chi connectivity index (χ3n) is 6.97. The first-order valence-electron chi connectivity index (χ1n) is 12.2. The van der Waals surface area contributed by atoms with Crippen LogP contribution in [0.25, 0.3) is 0 Å². The molecule has 3 aromatic rings. The average Bonchev–Trinajstić information content (AvgIpc) is 2.88. The normalized spacial score (nSPS) is 16.4. The first-order valence-corrected chi connectivity index (χ1v) is 12.2. The molecule has 0 aromatic heterocycles. The second kappa shape index (κ2) is 10.6. The van der Waals surface area contributed by atoms with E-state index in [9.17, 15) is 22.8 Å². The summed E-state index contributed by atoms with van der Waals surface area (Å²) in [5, 5.41) is 2.64. The lowest BCUT2D eigenvalue weighted by molar-refractivity contribution is 0.00853. The van der Waals surface area contributed by atoms with Crippen LogP contribution in [0, 0.1) is 17.5 Å². The quantitative estimate of drug-likeness (QED) is 0.547. The molecular weight excluding hydrogens is 481 g/mol. The maximum absolute atomic E-state index is 13.8. The van der Waals surface area contributed by atoms with Gasteiger partial charge in [0.15, 0.2) is 11.6 Å². The highest BCUT2D eigenvalue weighted by molar-refractivity contribution is 5.95. The van der Waals surface area contributed by atoms with E-state index < -0.39 is 23.1 Å². The number of piperazine rings is 1. The number of amides is 2. The molecule has 1 N–H and O–H groups in total. The van der Waals surface area contributed by atoms with E-state index in [1.54, 1.807) is 29.2 Å². The molecule has 0 radical (unpaired) electrons. The van der Waals surface area contributed by atoms with Gasteiger partial charge in [0.25, 0.3) is 11.8 Å². The van der Waals surface area contributed by atoms with Gasteiger partial charge in [0, 0.05) is 75.1 Å². The lowest BCUT2D eigenvalue weighted by Crippen LogP contribution is -2.64. The zero-order valence-corrected chi connectivity index (χ0v) is 20.2. The van der Waals surface area contributed by atoms with Gasteiger partial charge < -0.3 is 15.1 Å². The number of anilines is 1. The van der Waals surface area contributed by atoms with Gasteiger partial charge in [-0.3, -0.25) is 14.5 Å². The molecule has 2 fully saturated rings. The van der Waals surface area contributed by atoms with Crippen molar-refractivity contribution in [3.8, 4) is 0 Å². The summed E-state index contributed by atoms with van der Waals surface area (Å²) in [5.74, 6) is -2.99. The Labute approximate surface area is 213 Å². The van der Waals surface area contributed by atoms with Crippen molar-refractivity contribution in [1.29, 1.82) is 0 Å². The molecule has 0 aliphatic carbocycles. The Balaban J connectivity index is 1.08. The van der Waals surface area contributed by atoms with Gasteiger partial charge in [-0.05, 0) is 29.8 Å². The summed E-state index contributed by atoms with van der Waals surface area (Å²) in [4.78, 5) is 31.5. The molecule has 0 atom stereocenters. The Hall–Kier alpha value is -3.85. The number of nitrogens with one attached hydrogen (secondary N) is 1. The zero-order chi connectivity index (χ0) is 25.9. The number of carbonyl (C=O) groups excluding carboxylic acids is 2. The number of hydrogen-bond donors (Lipinski definition) is 1. The molecule has 37 heavy (non-hydrogen) atoms. The van der Waals surface area contributed by atoms with Gasteiger partial charge in [0.05, 0.1) is 0 Å². The monoisotopic (exact) mass is 508 g/mol. The smallest absolute Gasteiger partial charge is 0.253 e. The lowest BCUT2D eigenvalue weighted by Gasteiger charge is -2.48. The second-order valence-electron chi connectivity index (χ2n) is 9.35. The highest BCUT2D eigenvalue weighted by atomic mass is 19.1. The largest absolute Gasteiger partial charge is 0.376 e. The Kier molecular flexibility index (Phi) is 7.14. The molecule has 0 unspecified atom stereocenters. The third-order valence-corrected chi connectivity index (χ3v) is 6.97. The molecule has 3 aromatic carbocycles. The van der Waals surface area contributed by atoms with Crippen LogP contribution in [0.4, 0.5) is 18.9 Å². The molecule has 6 nitrogen and oxygen atoms in total. The van der Waals surface area contributed by atoms with E-state index in [2.05, 4.69) is 10.2 Å². The molecule has 2 heterocycles. The van der Waals surface area contributed by atoms with Crippen LogP contribution in [0.5, 0.6) is 0 Å². The third kappa shape index (κ3) is 5.46. The van der Waals surface area contributed by atoms with Crippen LogP contribution in [0.3, 0.4) is 0 Å². The van der Waals surface area contributed by atoms with Crippen molar-refractivity contribution in [3.05, 3.63) is 101 Å². The number of benzene rings is 3. The van der Waals surface area contributed by atoms with Crippen molar-refractivity contribution in [2.45, 2.75) is 12.6 Å². The molecule has 192 valence electrons. The summed E-state index contributed by atoms with van der Waals surface area (Å²) in [6.07, 6.45) is 0. The maximum Gasteiger partial charge on any atom is 0.253 e. The Morgan fingerprint density at radius 2 is 1.32 bits per heavy atom. The van der Waals surface area contributed by atoms with Crippen molar-refractivity contribution in [2.24, 2.45) is 0 Å². The first kappa shape index (κ1) is 24.8. The predicted molar refractivity (Wildman–Crippen MR) is 134 cm³/mol. The Bertz CT molecular complexity index is 1250. The van der Waals surface area contributed by atoms with Crippen LogP contribution in [-0.4, -0.2) is 71.8 Å². The minimum Gasteiger partial charge on any atom is -0.376 e. The maximum atomic E-state index is 13.8. The van der Waals surface area contributed by atoms with Crippen LogP contribution in [-0.2, 0) is 6.54 Å². The summed E-state index contributed by atoms with van der Waals surface area (Å²) in [6.45, 7) is 4.29. The summed E-state index contributed by atoms with van der Waals surface area (Å²) < 4.78 is 40.7. The number of hydrogen-bond acceptors (Lipinski definition) is 4. The van der Waals surface area contributed by atoms with Gasteiger partial charge in [-0.15, -0.1) is 0 Å². The van der Waals surface area contributed by atoms with Gasteiger partial charge in [-0.25, -0.2) is 13.2 Å². The fourth-order valence-corrected chi connectivity index (χ4v) is 4.75. The number of rotatable bonds is 6. The van der Waals surface area contributed by atoms with E-state index in [1.807, 2.05) is 35.2 Å². The van der Waals surface area contributed by atoms with Crippen LogP contribution >= 0.6 is 0 Å². The predicted octanol–water partition coefficient (Wildman–Crippen LogP) is 4.00. The summed E-state index contributed by atoms with van der Waals surface area (Å²) in [5.41, 5.74) is 1.58. The van der Waals surface area contributed by atoms with Crippen molar-refractivity contribution in [1.82, 2.24) is 14.7 Å². The number of carbonyl (C=O) groups is 2. The molecule has 0 spiro atoms. The molecule has 2 aliphatic rings. The molecule has 0 saturated carbocycles. The number of nitrogens with zero attached hydrogens (tertiary/aromatic N) is 3. The van der Waals surface area contributed by atoms with Crippen LogP contribution in [0.2, 0.25) is 0 Å². The Morgan fingerprint density at radius 3 is 1.95 bits per heavy atom. The van der Waals surface area contributed by atoms with E-state index in [0.717, 1.165) is 18.7 Å². The lowest BCUT2D eigenvalue weighted by atomic mass is 10.0. The summed E-state index contributed by atoms with van der Waals surface area (Å²) in [6, 6.07) is 17.6. The van der Waals surface area contributed by atoms with Crippen LogP contribution < -0.4 is 5.32 Å². The number of likely N-dealkylation sites (tertiary alicyclic amines) is 1. The first-order chi connectivity index (χ1) is 17.9. The zero-order valence-electron chi connectivity index (χ0n) is 20.2. The second-order valence-corrected chi connectivity index (χ2v) is 9.35. The summed E-state index contributed by atoms with van der Waals surface area (Å²) in [7, 11) is 0. The molecular formula is C28H27F3N4O2. The van der Waals surface area contributed by atoms with Crippen molar-refractivity contribution >= 4 is 17.5 Å². The van der Waals surface area contributed by atoms with Crippen molar-refractivity contribution in [3.63, 3.8) is 0 Å². The van der Waals surface area contributed by atoms with E-state index >= 15 is 0 Å². The van der Waals surface area contributed by atoms with Crippen LogP contribution in [0.15, 0.2) is 66.7 Å². The highest BCUT2D eigenvalue weighted by Crippen LogP contribution is 2.23. The fourth-order valence-electron chi connectivity index (χ4n) is 4.75. The topological polar surface area (TPSA) is 55.9 Å². The van der Waals surface area contributed by atoms with Crippen molar-refractivity contribution < 1.29 is 22.8 Å². The minimum atomic E-state index is -0.999. The standard InChI is InChI=1S/C28H27F3N4O2/c29-22-14-24(30)26(25(31)15-22)32-16-19-6-8-21(9-7-19)28(37)35-17-23(18-35)33-10-12-34(13-11-33)27(36)20-4-2-1-3-5-20/h1-9,14-15,23,32H,10-13,16-18H2. The van der Waals surface area contributed by atoms with Crippen LogP contribution in [0.1, 0.15) is 26.3 Å². The SMILES string of the molecule is O=C(c1ccccc1)N1CCN(C2CN(C(=O)c3ccc(CNc4c(F)cc(F)cc4F)cc3)C2)CC1. The number of halogens is 3. The van der Waals surface area contributed by atoms with E-state index in [4.69, 9.17) is 0 Å². The van der Waals surface area contributed by atoms with Gasteiger partial charge in [0.2, 0.25) is 0 Å². The molecule has 2 saturated heterocycles. The van der Waals surface area contributed by atoms with Gasteiger partial charge >= 0.3 is 0 Å². The van der Waals surface area contributed by atoms with E-state index in [-0.39, 0.29) is 24.4 Å². The molecule has 2 aliphatic heterocycles. The van der Waals surface area contributed by atoms with Crippen molar-refractivity contribution in [2.75, 3.05) is 44.6 Å². The van der Waals surface area contributed by atoms with Gasteiger partial charge in [-0.2, -0.15) is 0 Å². The fraction of sp³-hybridized carbons (Fsp3) is 0.286. The average molecular weight is 509 g/mol. The molecule has 5 rings (SSSR count). The molecule has 0 bridgehead atoms. The molecule has 9 heteroatoms. The van der Waals surface area contributed by atoms with Gasteiger partial charge in [0.1, 0.15) is 11.5 Å². The minimum absolute atomic E-state index is 0.0530. The summed E-state index contributed by atoms with van der Waals surface area (Å²) >= 11 is 0. The molecule has 2 amide bonds. The Morgan fingerprint density at radius 1 is 0.757 bits per heavy atom. The highest BCUT2D eigenvalue weighted by Gasteiger charge is 2.37.